The number of nitrogens with zero attached hydrogens (tertiary/aromatic N) is 3. The molecule has 28 heavy (non-hydrogen) atoms. The minimum atomic E-state index is -0.423. The summed E-state index contributed by atoms with van der Waals surface area (Å²) in [5.41, 5.74) is 2.10. The standard InChI is InChI=1S/C21H23FN4O2/c1-25-11-8-15-19(25)16(21(27)26-9-4-3-5-10-26)13-23-20(15)24-14-6-7-17(22)18(12-14)28-2/h6-8,11-13H,3-5,9-10H2,1-2H3,(H,23,24). The zero-order valence-electron chi connectivity index (χ0n) is 16.0. The van der Waals surface area contributed by atoms with Crippen LogP contribution in [0.5, 0.6) is 5.75 Å². The van der Waals surface area contributed by atoms with Gasteiger partial charge in [0.2, 0.25) is 0 Å². The van der Waals surface area contributed by atoms with E-state index in [1.165, 1.54) is 19.6 Å². The molecule has 1 aliphatic rings. The second kappa shape index (κ2) is 7.50. The van der Waals surface area contributed by atoms with Crippen molar-refractivity contribution < 1.29 is 13.9 Å². The molecule has 0 bridgehead atoms. The number of fused-ring (bicyclic) bond motifs is 1. The van der Waals surface area contributed by atoms with Crippen molar-refractivity contribution in [2.45, 2.75) is 19.3 Å². The maximum Gasteiger partial charge on any atom is 0.257 e. The first kappa shape index (κ1) is 18.3. The van der Waals surface area contributed by atoms with Crippen molar-refractivity contribution in [2.24, 2.45) is 7.05 Å². The van der Waals surface area contributed by atoms with Gasteiger partial charge >= 0.3 is 0 Å². The van der Waals surface area contributed by atoms with Crippen LogP contribution in [0.4, 0.5) is 15.9 Å². The first-order valence-electron chi connectivity index (χ1n) is 9.42. The van der Waals surface area contributed by atoms with E-state index in [1.54, 1.807) is 18.3 Å². The quantitative estimate of drug-likeness (QED) is 0.738. The van der Waals surface area contributed by atoms with Crippen molar-refractivity contribution in [3.05, 3.63) is 48.0 Å². The van der Waals surface area contributed by atoms with E-state index in [4.69, 9.17) is 4.74 Å². The zero-order chi connectivity index (χ0) is 19.7. The molecule has 1 N–H and O–H groups in total. The number of rotatable bonds is 4. The lowest BCUT2D eigenvalue weighted by Gasteiger charge is -2.27. The summed E-state index contributed by atoms with van der Waals surface area (Å²) in [6.07, 6.45) is 6.80. The Kier molecular flexibility index (Phi) is 4.90. The number of carbonyl (C=O) groups is 1. The Morgan fingerprint density at radius 2 is 2.00 bits per heavy atom. The molecule has 6 nitrogen and oxygen atoms in total. The molecule has 1 fully saturated rings. The molecule has 2 aromatic heterocycles. The van der Waals surface area contributed by atoms with Crippen molar-refractivity contribution in [3.63, 3.8) is 0 Å². The monoisotopic (exact) mass is 382 g/mol. The van der Waals surface area contributed by atoms with Crippen LogP contribution in [0.1, 0.15) is 29.6 Å². The summed E-state index contributed by atoms with van der Waals surface area (Å²) in [5, 5.41) is 4.05. The predicted octanol–water partition coefficient (Wildman–Crippen LogP) is 4.09. The number of anilines is 2. The number of methoxy groups -OCH3 is 1. The van der Waals surface area contributed by atoms with Crippen molar-refractivity contribution in [3.8, 4) is 5.75 Å². The molecule has 0 unspecified atom stereocenters. The number of pyridine rings is 1. The van der Waals surface area contributed by atoms with Gasteiger partial charge in [-0.2, -0.15) is 0 Å². The van der Waals surface area contributed by atoms with Crippen LogP contribution in [0.15, 0.2) is 36.7 Å². The molecule has 1 saturated heterocycles. The Bertz CT molecular complexity index is 1020. The van der Waals surface area contributed by atoms with Crippen LogP contribution < -0.4 is 10.1 Å². The third-order valence-corrected chi connectivity index (χ3v) is 5.19. The fraction of sp³-hybridized carbons (Fsp3) is 0.333. The first-order valence-corrected chi connectivity index (χ1v) is 9.42. The lowest BCUT2D eigenvalue weighted by molar-refractivity contribution is 0.0725. The Morgan fingerprint density at radius 1 is 1.21 bits per heavy atom. The third kappa shape index (κ3) is 3.28. The van der Waals surface area contributed by atoms with Crippen LogP contribution >= 0.6 is 0 Å². The molecule has 146 valence electrons. The van der Waals surface area contributed by atoms with Gasteiger partial charge in [0.25, 0.3) is 5.91 Å². The number of aromatic nitrogens is 2. The Labute approximate surface area is 162 Å². The first-order chi connectivity index (χ1) is 13.6. The fourth-order valence-electron chi connectivity index (χ4n) is 3.71. The number of halogens is 1. The zero-order valence-corrected chi connectivity index (χ0v) is 16.0. The number of piperidine rings is 1. The number of aryl methyl sites for hydroxylation is 1. The molecular formula is C21H23FN4O2. The van der Waals surface area contributed by atoms with Crippen molar-refractivity contribution in [1.82, 2.24) is 14.5 Å². The molecule has 1 aliphatic heterocycles. The molecule has 3 heterocycles. The molecule has 7 heteroatoms. The summed E-state index contributed by atoms with van der Waals surface area (Å²) < 4.78 is 20.6. The van der Waals surface area contributed by atoms with E-state index in [0.29, 0.717) is 17.1 Å². The largest absolute Gasteiger partial charge is 0.494 e. The number of benzene rings is 1. The van der Waals surface area contributed by atoms with E-state index < -0.39 is 5.82 Å². The molecule has 0 spiro atoms. The van der Waals surface area contributed by atoms with Crippen LogP contribution in [0.2, 0.25) is 0 Å². The molecule has 4 rings (SSSR count). The average molecular weight is 382 g/mol. The molecule has 0 saturated carbocycles. The highest BCUT2D eigenvalue weighted by molar-refractivity contribution is 6.08. The summed E-state index contributed by atoms with van der Waals surface area (Å²) >= 11 is 0. The summed E-state index contributed by atoms with van der Waals surface area (Å²) in [7, 11) is 3.34. The van der Waals surface area contributed by atoms with Gasteiger partial charge in [-0.25, -0.2) is 9.37 Å². The summed E-state index contributed by atoms with van der Waals surface area (Å²) in [6.45, 7) is 1.58. The third-order valence-electron chi connectivity index (χ3n) is 5.19. The maximum absolute atomic E-state index is 13.7. The highest BCUT2D eigenvalue weighted by Crippen LogP contribution is 2.30. The minimum Gasteiger partial charge on any atom is -0.494 e. The SMILES string of the molecule is COc1cc(Nc2ncc(C(=O)N3CCCCC3)c3c2ccn3C)ccc1F. The molecule has 0 aliphatic carbocycles. The van der Waals surface area contributed by atoms with E-state index in [-0.39, 0.29) is 11.7 Å². The Balaban J connectivity index is 1.71. The van der Waals surface area contributed by atoms with Crippen molar-refractivity contribution >= 4 is 28.3 Å². The van der Waals surface area contributed by atoms with Crippen LogP contribution in [0, 0.1) is 5.82 Å². The molecule has 3 aromatic rings. The highest BCUT2D eigenvalue weighted by Gasteiger charge is 2.23. The van der Waals surface area contributed by atoms with Gasteiger partial charge in [0.1, 0.15) is 5.82 Å². The second-order valence-electron chi connectivity index (χ2n) is 7.04. The maximum atomic E-state index is 13.7. The van der Waals surface area contributed by atoms with E-state index in [9.17, 15) is 9.18 Å². The molecule has 0 radical (unpaired) electrons. The van der Waals surface area contributed by atoms with Crippen LogP contribution in [-0.4, -0.2) is 40.6 Å². The van der Waals surface area contributed by atoms with Crippen LogP contribution in [0.3, 0.4) is 0 Å². The second-order valence-corrected chi connectivity index (χ2v) is 7.04. The predicted molar refractivity (Wildman–Crippen MR) is 107 cm³/mol. The number of nitrogens with one attached hydrogen (secondary N) is 1. The number of likely N-dealkylation sites (tertiary alicyclic amines) is 1. The smallest absolute Gasteiger partial charge is 0.257 e. The Morgan fingerprint density at radius 3 is 2.75 bits per heavy atom. The van der Waals surface area contributed by atoms with Gasteiger partial charge in [0.15, 0.2) is 11.6 Å². The summed E-state index contributed by atoms with van der Waals surface area (Å²) in [5.74, 6) is 0.369. The summed E-state index contributed by atoms with van der Waals surface area (Å²) in [6, 6.07) is 6.48. The molecule has 0 atom stereocenters. The van der Waals surface area contributed by atoms with E-state index in [0.717, 1.165) is 36.8 Å². The fourth-order valence-corrected chi connectivity index (χ4v) is 3.71. The average Bonchev–Trinajstić information content (AvgIpc) is 3.12. The van der Waals surface area contributed by atoms with Gasteiger partial charge in [-0.1, -0.05) is 0 Å². The lowest BCUT2D eigenvalue weighted by Crippen LogP contribution is -2.35. The molecular weight excluding hydrogens is 359 g/mol. The normalized spacial score (nSPS) is 14.3. The summed E-state index contributed by atoms with van der Waals surface area (Å²) in [4.78, 5) is 19.5. The van der Waals surface area contributed by atoms with E-state index in [2.05, 4.69) is 10.3 Å². The molecule has 1 aromatic carbocycles. The number of hydrogen-bond donors (Lipinski definition) is 1. The molecule has 1 amide bonds. The lowest BCUT2D eigenvalue weighted by atomic mass is 10.1. The number of carbonyl (C=O) groups excluding carboxylic acids is 1. The minimum absolute atomic E-state index is 0.0222. The van der Waals surface area contributed by atoms with Gasteiger partial charge in [-0.3, -0.25) is 4.79 Å². The van der Waals surface area contributed by atoms with E-state index in [1.807, 2.05) is 28.8 Å². The van der Waals surface area contributed by atoms with Gasteiger partial charge in [-0.15, -0.1) is 0 Å². The van der Waals surface area contributed by atoms with Crippen LogP contribution in [-0.2, 0) is 7.05 Å². The topological polar surface area (TPSA) is 59.4 Å². The highest BCUT2D eigenvalue weighted by atomic mass is 19.1. The van der Waals surface area contributed by atoms with Gasteiger partial charge in [-0.05, 0) is 37.5 Å². The van der Waals surface area contributed by atoms with Gasteiger partial charge < -0.3 is 19.5 Å². The number of ether oxygens (including phenoxy) is 1. The van der Waals surface area contributed by atoms with Gasteiger partial charge in [0.05, 0.1) is 18.2 Å². The number of amides is 1. The van der Waals surface area contributed by atoms with Crippen molar-refractivity contribution in [2.75, 3.05) is 25.5 Å². The van der Waals surface area contributed by atoms with Gasteiger partial charge in [0, 0.05) is 49.7 Å². The number of hydrogen-bond acceptors (Lipinski definition) is 4. The van der Waals surface area contributed by atoms with Crippen LogP contribution in [0.25, 0.3) is 10.9 Å². The Hall–Kier alpha value is -3.09. The van der Waals surface area contributed by atoms with E-state index >= 15 is 0 Å². The van der Waals surface area contributed by atoms with Crippen molar-refractivity contribution in [1.29, 1.82) is 0 Å².